The molecule has 1 unspecified atom stereocenters. The zero-order valence-electron chi connectivity index (χ0n) is 17.5. The fourth-order valence-corrected chi connectivity index (χ4v) is 4.39. The summed E-state index contributed by atoms with van der Waals surface area (Å²) in [5.41, 5.74) is 7.86. The van der Waals surface area contributed by atoms with Crippen LogP contribution < -0.4 is 10.6 Å². The minimum absolute atomic E-state index is 0.0474. The number of nitriles is 1. The number of allylic oxidation sites excluding steroid dienone is 1. The number of esters is 2. The topological polar surface area (TPSA) is 106 Å². The van der Waals surface area contributed by atoms with E-state index in [0.717, 1.165) is 0 Å². The minimum Gasteiger partial charge on any atom is -0.466 e. The molecule has 1 heterocycles. The third kappa shape index (κ3) is 3.97. The average Bonchev–Trinajstić information content (AvgIpc) is 2.80. The summed E-state index contributed by atoms with van der Waals surface area (Å²) in [5.74, 6) is -2.62. The van der Waals surface area contributed by atoms with E-state index >= 15 is 0 Å². The number of carbonyl (C=O) groups excluding carboxylic acids is 2. The molecule has 7 nitrogen and oxygen atoms in total. The molecule has 2 aromatic carbocycles. The van der Waals surface area contributed by atoms with E-state index < -0.39 is 17.9 Å². The molecule has 2 N–H and O–H groups in total. The number of hydrogen-bond acceptors (Lipinski definition) is 7. The van der Waals surface area contributed by atoms with Gasteiger partial charge in [0.25, 0.3) is 0 Å². The Hall–Kier alpha value is -3.28. The summed E-state index contributed by atoms with van der Waals surface area (Å²) in [6, 6.07) is 14.3. The van der Waals surface area contributed by atoms with Gasteiger partial charge in [0.15, 0.2) is 0 Å². The van der Waals surface area contributed by atoms with Crippen molar-refractivity contribution in [2.45, 2.75) is 12.8 Å². The summed E-state index contributed by atoms with van der Waals surface area (Å²) < 4.78 is 10.7. The van der Waals surface area contributed by atoms with Crippen molar-refractivity contribution in [1.29, 1.82) is 5.26 Å². The maximum absolute atomic E-state index is 13.0. The molecular formula is C23H19BrClN3O4. The van der Waals surface area contributed by atoms with E-state index in [-0.39, 0.29) is 27.7 Å². The van der Waals surface area contributed by atoms with Crippen molar-refractivity contribution in [2.24, 2.45) is 5.73 Å². The van der Waals surface area contributed by atoms with Gasteiger partial charge in [-0.1, -0.05) is 57.9 Å². The van der Waals surface area contributed by atoms with Crippen molar-refractivity contribution in [3.05, 3.63) is 85.8 Å². The summed E-state index contributed by atoms with van der Waals surface area (Å²) in [7, 11) is 2.38. The smallest absolute Gasteiger partial charge is 0.355 e. The van der Waals surface area contributed by atoms with E-state index in [4.69, 9.17) is 26.8 Å². The van der Waals surface area contributed by atoms with Crippen LogP contribution in [0.2, 0.25) is 5.02 Å². The third-order valence-corrected chi connectivity index (χ3v) is 6.00. The Bertz CT molecular complexity index is 1200. The fraction of sp³-hybridized carbons (Fsp3) is 0.174. The summed E-state index contributed by atoms with van der Waals surface area (Å²) in [5, 5.41) is 10.3. The zero-order valence-corrected chi connectivity index (χ0v) is 19.8. The molecule has 0 radical (unpaired) electrons. The van der Waals surface area contributed by atoms with E-state index in [9.17, 15) is 14.9 Å². The molecule has 0 bridgehead atoms. The highest BCUT2D eigenvalue weighted by Crippen LogP contribution is 2.45. The number of aryl methyl sites for hydroxylation is 1. The van der Waals surface area contributed by atoms with Crippen LogP contribution in [0.15, 0.2) is 69.6 Å². The largest absolute Gasteiger partial charge is 0.466 e. The molecule has 2 aromatic rings. The summed E-state index contributed by atoms with van der Waals surface area (Å²) in [6.45, 7) is 1.78. The first-order valence-electron chi connectivity index (χ1n) is 9.38. The molecule has 0 fully saturated rings. The third-order valence-electron chi connectivity index (χ3n) is 5.05. The predicted molar refractivity (Wildman–Crippen MR) is 123 cm³/mol. The Morgan fingerprint density at radius 1 is 1.16 bits per heavy atom. The van der Waals surface area contributed by atoms with Gasteiger partial charge in [-0.25, -0.2) is 9.59 Å². The predicted octanol–water partition coefficient (Wildman–Crippen LogP) is 4.31. The van der Waals surface area contributed by atoms with Crippen LogP contribution >= 0.6 is 27.5 Å². The van der Waals surface area contributed by atoms with Gasteiger partial charge in [-0.05, 0) is 30.2 Å². The lowest BCUT2D eigenvalue weighted by Gasteiger charge is -2.36. The van der Waals surface area contributed by atoms with Crippen LogP contribution in [0.5, 0.6) is 0 Å². The van der Waals surface area contributed by atoms with Gasteiger partial charge in [0.05, 0.1) is 48.1 Å². The van der Waals surface area contributed by atoms with Crippen LogP contribution in [-0.2, 0) is 19.1 Å². The first-order valence-corrected chi connectivity index (χ1v) is 10.5. The number of hydrogen-bond donors (Lipinski definition) is 1. The molecule has 1 aliphatic heterocycles. The van der Waals surface area contributed by atoms with Gasteiger partial charge in [-0.3, -0.25) is 4.90 Å². The van der Waals surface area contributed by atoms with E-state index in [2.05, 4.69) is 22.0 Å². The maximum Gasteiger partial charge on any atom is 0.355 e. The number of ether oxygens (including phenoxy) is 2. The van der Waals surface area contributed by atoms with E-state index in [1.807, 2.05) is 0 Å². The van der Waals surface area contributed by atoms with Crippen LogP contribution in [0, 0.1) is 18.3 Å². The highest BCUT2D eigenvalue weighted by molar-refractivity contribution is 9.10. The van der Waals surface area contributed by atoms with Gasteiger partial charge in [-0.2, -0.15) is 5.26 Å². The second kappa shape index (κ2) is 9.47. The molecule has 0 aromatic heterocycles. The summed E-state index contributed by atoms with van der Waals surface area (Å²) >= 11 is 9.98. The molecule has 0 saturated carbocycles. The quantitative estimate of drug-likeness (QED) is 0.604. The second-order valence-electron chi connectivity index (χ2n) is 6.89. The first-order chi connectivity index (χ1) is 15.3. The molecule has 9 heteroatoms. The Morgan fingerprint density at radius 3 is 2.34 bits per heavy atom. The molecule has 1 atom stereocenters. The number of carbonyl (C=O) groups is 2. The Kier molecular flexibility index (Phi) is 6.92. The summed E-state index contributed by atoms with van der Waals surface area (Å²) in [4.78, 5) is 27.3. The first kappa shape index (κ1) is 23.4. The van der Waals surface area contributed by atoms with Crippen molar-refractivity contribution in [1.82, 2.24) is 0 Å². The SMILES string of the molecule is COC(=O)C1=C(C(=O)OC)N(c2cc(Br)cc(C)c2Cl)C(N)=C(C#N)C1c1ccccc1. The number of anilines is 1. The van der Waals surface area contributed by atoms with Crippen molar-refractivity contribution in [3.8, 4) is 6.07 Å². The Balaban J connectivity index is 2.47. The Morgan fingerprint density at radius 2 is 1.78 bits per heavy atom. The average molecular weight is 517 g/mol. The molecule has 0 amide bonds. The van der Waals surface area contributed by atoms with Crippen LogP contribution in [0.1, 0.15) is 17.0 Å². The molecule has 164 valence electrons. The number of nitrogens with zero attached hydrogens (tertiary/aromatic N) is 2. The van der Waals surface area contributed by atoms with Crippen LogP contribution in [0.4, 0.5) is 5.69 Å². The van der Waals surface area contributed by atoms with Crippen molar-refractivity contribution in [2.75, 3.05) is 19.1 Å². The Labute approximate surface area is 198 Å². The number of halogens is 2. The van der Waals surface area contributed by atoms with Gasteiger partial charge in [-0.15, -0.1) is 0 Å². The molecule has 0 aliphatic carbocycles. The van der Waals surface area contributed by atoms with Gasteiger partial charge >= 0.3 is 11.9 Å². The monoisotopic (exact) mass is 515 g/mol. The molecule has 3 rings (SSSR count). The number of rotatable bonds is 4. The number of nitrogens with two attached hydrogens (primary N) is 1. The van der Waals surface area contributed by atoms with Crippen molar-refractivity contribution in [3.63, 3.8) is 0 Å². The highest BCUT2D eigenvalue weighted by Gasteiger charge is 2.43. The lowest BCUT2D eigenvalue weighted by atomic mass is 9.81. The molecule has 0 saturated heterocycles. The van der Waals surface area contributed by atoms with Crippen LogP contribution in [-0.4, -0.2) is 26.2 Å². The maximum atomic E-state index is 13.0. The molecule has 1 aliphatic rings. The molecular weight excluding hydrogens is 498 g/mol. The van der Waals surface area contributed by atoms with E-state index in [1.165, 1.54) is 19.1 Å². The fourth-order valence-electron chi connectivity index (χ4n) is 3.63. The molecule has 0 spiro atoms. The van der Waals surface area contributed by atoms with E-state index in [0.29, 0.717) is 21.3 Å². The lowest BCUT2D eigenvalue weighted by molar-refractivity contribution is -0.139. The normalized spacial score (nSPS) is 16.0. The van der Waals surface area contributed by atoms with Gasteiger partial charge in [0.1, 0.15) is 11.5 Å². The second-order valence-corrected chi connectivity index (χ2v) is 8.18. The zero-order chi connectivity index (χ0) is 23.6. The number of benzene rings is 2. The van der Waals surface area contributed by atoms with Gasteiger partial charge < -0.3 is 15.2 Å². The van der Waals surface area contributed by atoms with Crippen LogP contribution in [0.3, 0.4) is 0 Å². The van der Waals surface area contributed by atoms with Gasteiger partial charge in [0.2, 0.25) is 0 Å². The lowest BCUT2D eigenvalue weighted by Crippen LogP contribution is -2.41. The number of methoxy groups -OCH3 is 2. The standard InChI is InChI=1S/C23H19BrClN3O4/c1-12-9-14(24)10-16(19(12)25)28-20(23(30)32-3)18(22(29)31-2)17(15(11-26)21(28)27)13-7-5-4-6-8-13/h4-10,17H,27H2,1-3H3. The van der Waals surface area contributed by atoms with Crippen LogP contribution in [0.25, 0.3) is 0 Å². The van der Waals surface area contributed by atoms with E-state index in [1.54, 1.807) is 49.4 Å². The highest BCUT2D eigenvalue weighted by atomic mass is 79.9. The van der Waals surface area contributed by atoms with Crippen molar-refractivity contribution >= 4 is 45.2 Å². The van der Waals surface area contributed by atoms with Crippen molar-refractivity contribution < 1.29 is 19.1 Å². The summed E-state index contributed by atoms with van der Waals surface area (Å²) in [6.07, 6.45) is 0. The van der Waals surface area contributed by atoms with Gasteiger partial charge in [0, 0.05) is 4.47 Å². The molecule has 32 heavy (non-hydrogen) atoms. The minimum atomic E-state index is -0.939.